The monoisotopic (exact) mass is 420 g/mol. The molecule has 0 unspecified atom stereocenters. The zero-order valence-corrected chi connectivity index (χ0v) is 16.6. The van der Waals surface area contributed by atoms with Gasteiger partial charge in [-0.1, -0.05) is 41.9 Å². The highest BCUT2D eigenvalue weighted by Gasteiger charge is 2.26. The average molecular weight is 421 g/mol. The standard InChI is InChI=1S/C18H21BrN4OS/c1-12(2)11-15(17(24)21-8-7-20)23-16(18-22-9-10-25-18)13-3-5-14(19)6-4-13/h3-6,9-10,12,15-16,23H,8,11H2,1-2H3,(H,21,24)/t15-,16-/m0/s1. The van der Waals surface area contributed by atoms with Gasteiger partial charge in [-0.15, -0.1) is 11.3 Å². The van der Waals surface area contributed by atoms with Gasteiger partial charge in [0.05, 0.1) is 18.2 Å². The maximum Gasteiger partial charge on any atom is 0.237 e. The SMILES string of the molecule is CC(C)C[C@H](N[C@@H](c1ccc(Br)cc1)c1nccs1)C(=O)NCC#N. The zero-order chi connectivity index (χ0) is 18.2. The first kappa shape index (κ1) is 19.6. The number of halogens is 1. The van der Waals surface area contributed by atoms with Crippen molar-refractivity contribution < 1.29 is 4.79 Å². The van der Waals surface area contributed by atoms with Crippen LogP contribution in [-0.4, -0.2) is 23.5 Å². The van der Waals surface area contributed by atoms with Gasteiger partial charge in [0, 0.05) is 16.0 Å². The molecule has 0 saturated carbocycles. The summed E-state index contributed by atoms with van der Waals surface area (Å²) in [5.41, 5.74) is 1.04. The summed E-state index contributed by atoms with van der Waals surface area (Å²) in [5, 5.41) is 17.7. The molecule has 1 heterocycles. The number of nitriles is 1. The van der Waals surface area contributed by atoms with Crippen molar-refractivity contribution in [1.82, 2.24) is 15.6 Å². The lowest BCUT2D eigenvalue weighted by atomic mass is 10.00. The number of rotatable bonds is 8. The molecule has 0 saturated heterocycles. The van der Waals surface area contributed by atoms with E-state index in [0.717, 1.165) is 15.0 Å². The van der Waals surface area contributed by atoms with Crippen LogP contribution in [0, 0.1) is 17.2 Å². The van der Waals surface area contributed by atoms with Gasteiger partial charge in [0.25, 0.3) is 0 Å². The molecular formula is C18H21BrN4OS. The van der Waals surface area contributed by atoms with Gasteiger partial charge >= 0.3 is 0 Å². The highest BCUT2D eigenvalue weighted by molar-refractivity contribution is 9.10. The lowest BCUT2D eigenvalue weighted by molar-refractivity contribution is -0.123. The number of nitrogens with one attached hydrogen (secondary N) is 2. The number of nitrogens with zero attached hydrogens (tertiary/aromatic N) is 2. The molecule has 1 amide bonds. The Balaban J connectivity index is 2.27. The summed E-state index contributed by atoms with van der Waals surface area (Å²) in [6, 6.07) is 9.36. The molecule has 1 aromatic heterocycles. The Labute approximate surface area is 160 Å². The maximum atomic E-state index is 12.5. The van der Waals surface area contributed by atoms with E-state index in [0.29, 0.717) is 12.3 Å². The van der Waals surface area contributed by atoms with E-state index in [2.05, 4.69) is 45.4 Å². The molecule has 0 aliphatic heterocycles. The Kier molecular flexibility index (Phi) is 7.56. The fraction of sp³-hybridized carbons (Fsp3) is 0.389. The summed E-state index contributed by atoms with van der Waals surface area (Å²) in [6.45, 7) is 4.16. The Bertz CT molecular complexity index is 710. The summed E-state index contributed by atoms with van der Waals surface area (Å²) in [4.78, 5) is 16.9. The van der Waals surface area contributed by atoms with E-state index in [-0.39, 0.29) is 18.5 Å². The van der Waals surface area contributed by atoms with Gasteiger partial charge in [-0.2, -0.15) is 5.26 Å². The third kappa shape index (κ3) is 5.92. The van der Waals surface area contributed by atoms with Crippen molar-refractivity contribution in [1.29, 1.82) is 5.26 Å². The minimum atomic E-state index is -0.397. The van der Waals surface area contributed by atoms with E-state index < -0.39 is 6.04 Å². The molecule has 0 spiro atoms. The normalized spacial score (nSPS) is 13.2. The van der Waals surface area contributed by atoms with Crippen LogP contribution < -0.4 is 10.6 Å². The number of hydrogen-bond donors (Lipinski definition) is 2. The second-order valence-corrected chi connectivity index (χ2v) is 7.92. The van der Waals surface area contributed by atoms with Gasteiger partial charge in [0.1, 0.15) is 11.6 Å². The Morgan fingerprint density at radius 3 is 2.64 bits per heavy atom. The van der Waals surface area contributed by atoms with Gasteiger partial charge in [-0.05, 0) is 30.0 Å². The molecule has 1 aromatic carbocycles. The summed E-state index contributed by atoms with van der Waals surface area (Å²) in [7, 11) is 0. The molecule has 0 radical (unpaired) electrons. The number of carbonyl (C=O) groups excluding carboxylic acids is 1. The number of benzene rings is 1. The number of carbonyl (C=O) groups is 1. The second kappa shape index (κ2) is 9.66. The molecule has 132 valence electrons. The van der Waals surface area contributed by atoms with E-state index in [1.165, 1.54) is 0 Å². The predicted molar refractivity (Wildman–Crippen MR) is 103 cm³/mol. The third-order valence-corrected chi connectivity index (χ3v) is 5.00. The Morgan fingerprint density at radius 2 is 2.08 bits per heavy atom. The molecule has 0 bridgehead atoms. The fourth-order valence-electron chi connectivity index (χ4n) is 2.52. The van der Waals surface area contributed by atoms with Crippen LogP contribution in [0.4, 0.5) is 0 Å². The van der Waals surface area contributed by atoms with Crippen molar-refractivity contribution >= 4 is 33.2 Å². The average Bonchev–Trinajstić information content (AvgIpc) is 3.11. The smallest absolute Gasteiger partial charge is 0.237 e. The predicted octanol–water partition coefficient (Wildman–Crippen LogP) is 3.64. The minimum Gasteiger partial charge on any atom is -0.342 e. The van der Waals surface area contributed by atoms with E-state index >= 15 is 0 Å². The summed E-state index contributed by atoms with van der Waals surface area (Å²) >= 11 is 5.00. The van der Waals surface area contributed by atoms with Crippen LogP contribution in [-0.2, 0) is 4.79 Å². The first-order valence-electron chi connectivity index (χ1n) is 8.06. The van der Waals surface area contributed by atoms with Gasteiger partial charge < -0.3 is 5.32 Å². The van der Waals surface area contributed by atoms with Gasteiger partial charge in [0.15, 0.2) is 0 Å². The number of thiazole rings is 1. The molecule has 2 aromatic rings. The quantitative estimate of drug-likeness (QED) is 0.638. The van der Waals surface area contributed by atoms with E-state index in [1.54, 1.807) is 17.5 Å². The van der Waals surface area contributed by atoms with Crippen LogP contribution in [0.1, 0.15) is 36.9 Å². The van der Waals surface area contributed by atoms with Crippen LogP contribution >= 0.6 is 27.3 Å². The molecule has 2 atom stereocenters. The van der Waals surface area contributed by atoms with Gasteiger partial charge in [-0.3, -0.25) is 10.1 Å². The van der Waals surface area contributed by atoms with Crippen molar-refractivity contribution in [3.8, 4) is 6.07 Å². The first-order chi connectivity index (χ1) is 12.0. The Morgan fingerprint density at radius 1 is 1.36 bits per heavy atom. The van der Waals surface area contributed by atoms with E-state index in [1.807, 2.05) is 35.7 Å². The first-order valence-corrected chi connectivity index (χ1v) is 9.74. The number of aromatic nitrogens is 1. The van der Waals surface area contributed by atoms with Crippen LogP contribution in [0.25, 0.3) is 0 Å². The second-order valence-electron chi connectivity index (χ2n) is 6.08. The van der Waals surface area contributed by atoms with Crippen molar-refractivity contribution in [2.24, 2.45) is 5.92 Å². The summed E-state index contributed by atoms with van der Waals surface area (Å²) < 4.78 is 1.000. The highest BCUT2D eigenvalue weighted by Crippen LogP contribution is 2.26. The topological polar surface area (TPSA) is 77.8 Å². The van der Waals surface area contributed by atoms with Crippen LogP contribution in [0.3, 0.4) is 0 Å². The van der Waals surface area contributed by atoms with Crippen molar-refractivity contribution in [3.63, 3.8) is 0 Å². The summed E-state index contributed by atoms with van der Waals surface area (Å²) in [5.74, 6) is 0.182. The lowest BCUT2D eigenvalue weighted by Gasteiger charge is -2.25. The highest BCUT2D eigenvalue weighted by atomic mass is 79.9. The summed E-state index contributed by atoms with van der Waals surface area (Å²) in [6.07, 6.45) is 2.44. The van der Waals surface area contributed by atoms with Gasteiger partial charge in [-0.25, -0.2) is 4.98 Å². The molecule has 0 aliphatic rings. The van der Waals surface area contributed by atoms with E-state index in [4.69, 9.17) is 5.26 Å². The van der Waals surface area contributed by atoms with E-state index in [9.17, 15) is 4.79 Å². The van der Waals surface area contributed by atoms with Gasteiger partial charge in [0.2, 0.25) is 5.91 Å². The number of amides is 1. The molecular weight excluding hydrogens is 400 g/mol. The van der Waals surface area contributed by atoms with Crippen molar-refractivity contribution in [2.75, 3.05) is 6.54 Å². The fourth-order valence-corrected chi connectivity index (χ4v) is 3.50. The number of hydrogen-bond acceptors (Lipinski definition) is 5. The third-order valence-electron chi connectivity index (χ3n) is 3.63. The molecule has 0 aliphatic carbocycles. The molecule has 5 nitrogen and oxygen atoms in total. The molecule has 2 rings (SSSR count). The van der Waals surface area contributed by atoms with Crippen LogP contribution in [0.15, 0.2) is 40.3 Å². The molecule has 0 fully saturated rings. The largest absolute Gasteiger partial charge is 0.342 e. The van der Waals surface area contributed by atoms with Crippen molar-refractivity contribution in [2.45, 2.75) is 32.4 Å². The van der Waals surface area contributed by atoms with Crippen molar-refractivity contribution in [3.05, 3.63) is 50.9 Å². The van der Waals surface area contributed by atoms with Crippen LogP contribution in [0.2, 0.25) is 0 Å². The maximum absolute atomic E-state index is 12.5. The lowest BCUT2D eigenvalue weighted by Crippen LogP contribution is -2.46. The zero-order valence-electron chi connectivity index (χ0n) is 14.2. The molecule has 25 heavy (non-hydrogen) atoms. The van der Waals surface area contributed by atoms with Crippen LogP contribution in [0.5, 0.6) is 0 Å². The molecule has 7 heteroatoms. The minimum absolute atomic E-state index is 0.00924. The Hall–Kier alpha value is -1.75. The molecule has 2 N–H and O–H groups in total.